The Morgan fingerprint density at radius 3 is 2.47 bits per heavy atom. The predicted octanol–water partition coefficient (Wildman–Crippen LogP) is 4.83. The lowest BCUT2D eigenvalue weighted by atomic mass is 9.80. The summed E-state index contributed by atoms with van der Waals surface area (Å²) < 4.78 is 13.3. The van der Waals surface area contributed by atoms with E-state index in [-0.39, 0.29) is 24.3 Å². The molecule has 0 bridgehead atoms. The van der Waals surface area contributed by atoms with E-state index in [0.29, 0.717) is 18.8 Å². The van der Waals surface area contributed by atoms with E-state index < -0.39 is 6.29 Å². The molecule has 1 fully saturated rings. The second-order valence-corrected chi connectivity index (χ2v) is 9.39. The summed E-state index contributed by atoms with van der Waals surface area (Å²) in [4.78, 5) is 15.3. The van der Waals surface area contributed by atoms with E-state index in [4.69, 9.17) is 9.47 Å². The van der Waals surface area contributed by atoms with E-state index in [1.165, 1.54) is 22.8 Å². The standard InChI is InChI=1S/C24H34INO4/c1-2-29-24-20(9-8-16-27)21(18-10-12-19(25)13-11-18)17-22(30-24)23(28)26-14-6-4-3-5-7-15-26/h10-13,17,20-21,24,27H,2-9,14-16H2,1H3/t20-,21-,24-/m1/s1. The Morgan fingerprint density at radius 1 is 1.17 bits per heavy atom. The molecule has 1 aromatic rings. The normalized spacial score (nSPS) is 25.1. The van der Waals surface area contributed by atoms with E-state index >= 15 is 0 Å². The number of nitrogens with zero attached hydrogens (tertiary/aromatic N) is 1. The fraction of sp³-hybridized carbons (Fsp3) is 0.625. The van der Waals surface area contributed by atoms with Crippen molar-refractivity contribution in [3.05, 3.63) is 45.2 Å². The largest absolute Gasteiger partial charge is 0.459 e. The number of amides is 1. The summed E-state index contributed by atoms with van der Waals surface area (Å²) in [6, 6.07) is 8.44. The van der Waals surface area contributed by atoms with Gasteiger partial charge in [-0.25, -0.2) is 0 Å². The van der Waals surface area contributed by atoms with Crippen molar-refractivity contribution >= 4 is 28.5 Å². The summed E-state index contributed by atoms with van der Waals surface area (Å²) in [6.45, 7) is 4.19. The van der Waals surface area contributed by atoms with Crippen LogP contribution in [0.15, 0.2) is 36.1 Å². The highest BCUT2D eigenvalue weighted by Crippen LogP contribution is 2.40. The van der Waals surface area contributed by atoms with E-state index in [1.807, 2.05) is 17.9 Å². The van der Waals surface area contributed by atoms with E-state index in [9.17, 15) is 9.90 Å². The molecule has 0 aromatic heterocycles. The van der Waals surface area contributed by atoms with E-state index in [0.717, 1.165) is 37.9 Å². The Labute approximate surface area is 194 Å². The van der Waals surface area contributed by atoms with Crippen molar-refractivity contribution in [2.75, 3.05) is 26.3 Å². The van der Waals surface area contributed by atoms with Gasteiger partial charge in [0.05, 0.1) is 0 Å². The van der Waals surface area contributed by atoms with Crippen LogP contribution in [0, 0.1) is 9.49 Å². The molecule has 0 saturated carbocycles. The molecule has 0 spiro atoms. The van der Waals surface area contributed by atoms with Gasteiger partial charge in [-0.1, -0.05) is 31.4 Å². The molecule has 1 aromatic carbocycles. The van der Waals surface area contributed by atoms with Crippen LogP contribution in [0.3, 0.4) is 0 Å². The van der Waals surface area contributed by atoms with Crippen molar-refractivity contribution in [1.29, 1.82) is 0 Å². The Bertz CT molecular complexity index is 698. The number of ether oxygens (including phenoxy) is 2. The molecule has 3 atom stereocenters. The van der Waals surface area contributed by atoms with Gasteiger partial charge in [0.25, 0.3) is 5.91 Å². The number of allylic oxidation sites excluding steroid dienone is 1. The number of aliphatic hydroxyl groups excluding tert-OH is 1. The van der Waals surface area contributed by atoms with Crippen molar-refractivity contribution in [2.45, 2.75) is 64.1 Å². The second-order valence-electron chi connectivity index (χ2n) is 8.14. The molecule has 2 aliphatic heterocycles. The molecule has 0 unspecified atom stereocenters. The first-order valence-electron chi connectivity index (χ1n) is 11.3. The number of halogens is 1. The van der Waals surface area contributed by atoms with Crippen molar-refractivity contribution in [1.82, 2.24) is 4.90 Å². The van der Waals surface area contributed by atoms with Crippen molar-refractivity contribution in [3.8, 4) is 0 Å². The maximum atomic E-state index is 13.4. The summed E-state index contributed by atoms with van der Waals surface area (Å²) in [7, 11) is 0. The maximum absolute atomic E-state index is 13.4. The third kappa shape index (κ3) is 6.20. The van der Waals surface area contributed by atoms with E-state index in [2.05, 4.69) is 46.9 Å². The highest BCUT2D eigenvalue weighted by Gasteiger charge is 2.38. The summed E-state index contributed by atoms with van der Waals surface area (Å²) in [5.41, 5.74) is 1.16. The molecular formula is C24H34INO4. The molecule has 6 heteroatoms. The van der Waals surface area contributed by atoms with Crippen LogP contribution in [0.2, 0.25) is 0 Å². The van der Waals surface area contributed by atoms with Crippen LogP contribution in [0.1, 0.15) is 63.4 Å². The Kier molecular flexibility index (Phi) is 9.46. The van der Waals surface area contributed by atoms with Gasteiger partial charge in [0, 0.05) is 41.7 Å². The lowest BCUT2D eigenvalue weighted by Crippen LogP contribution is -2.41. The van der Waals surface area contributed by atoms with Gasteiger partial charge in [0.15, 0.2) is 5.76 Å². The predicted molar refractivity (Wildman–Crippen MR) is 126 cm³/mol. The minimum Gasteiger partial charge on any atom is -0.459 e. The number of carbonyl (C=O) groups excluding carboxylic acids is 1. The SMILES string of the molecule is CCO[C@@H]1OC(C(=O)N2CCCCCCC2)=C[C@H](c2ccc(I)cc2)[C@H]1CCCO. The van der Waals surface area contributed by atoms with Gasteiger partial charge >= 0.3 is 0 Å². The molecule has 1 amide bonds. The van der Waals surface area contributed by atoms with Gasteiger partial charge in [-0.05, 0) is 79.0 Å². The van der Waals surface area contributed by atoms with Crippen LogP contribution in [-0.2, 0) is 14.3 Å². The maximum Gasteiger partial charge on any atom is 0.288 e. The summed E-state index contributed by atoms with van der Waals surface area (Å²) >= 11 is 2.30. The fourth-order valence-electron chi connectivity index (χ4n) is 4.43. The number of aliphatic hydroxyl groups is 1. The van der Waals surface area contributed by atoms with E-state index in [1.54, 1.807) is 0 Å². The molecule has 3 rings (SSSR count). The van der Waals surface area contributed by atoms with Crippen LogP contribution < -0.4 is 0 Å². The molecular weight excluding hydrogens is 493 g/mol. The summed E-state index contributed by atoms with van der Waals surface area (Å²) in [5.74, 6) is 0.476. The molecule has 5 nitrogen and oxygen atoms in total. The topological polar surface area (TPSA) is 59.0 Å². The molecule has 0 aliphatic carbocycles. The minimum absolute atomic E-state index is 0.0160. The van der Waals surface area contributed by atoms with Gasteiger partial charge in [0.1, 0.15) is 0 Å². The quantitative estimate of drug-likeness (QED) is 0.516. The number of rotatable bonds is 7. The van der Waals surface area contributed by atoms with Crippen LogP contribution in [0.4, 0.5) is 0 Å². The zero-order valence-electron chi connectivity index (χ0n) is 17.9. The number of carbonyl (C=O) groups is 1. The van der Waals surface area contributed by atoms with Gasteiger partial charge < -0.3 is 19.5 Å². The monoisotopic (exact) mass is 527 g/mol. The Balaban J connectivity index is 1.90. The third-order valence-electron chi connectivity index (χ3n) is 6.02. The lowest BCUT2D eigenvalue weighted by Gasteiger charge is -2.38. The van der Waals surface area contributed by atoms with Gasteiger partial charge in [-0.2, -0.15) is 0 Å². The highest BCUT2D eigenvalue weighted by molar-refractivity contribution is 14.1. The number of hydrogen-bond acceptors (Lipinski definition) is 4. The molecule has 166 valence electrons. The molecule has 1 saturated heterocycles. The zero-order valence-corrected chi connectivity index (χ0v) is 20.1. The van der Waals surface area contributed by atoms with Gasteiger partial charge in [-0.15, -0.1) is 0 Å². The molecule has 2 aliphatic rings. The minimum atomic E-state index is -0.482. The average molecular weight is 527 g/mol. The third-order valence-corrected chi connectivity index (χ3v) is 6.74. The smallest absolute Gasteiger partial charge is 0.288 e. The molecule has 0 radical (unpaired) electrons. The first-order chi connectivity index (χ1) is 14.6. The van der Waals surface area contributed by atoms with Crippen LogP contribution in [0.5, 0.6) is 0 Å². The Morgan fingerprint density at radius 2 is 1.83 bits per heavy atom. The molecule has 1 N–H and O–H groups in total. The number of benzene rings is 1. The highest BCUT2D eigenvalue weighted by atomic mass is 127. The second kappa shape index (κ2) is 12.1. The first kappa shape index (κ1) is 23.5. The van der Waals surface area contributed by atoms with Crippen molar-refractivity contribution in [3.63, 3.8) is 0 Å². The summed E-state index contributed by atoms with van der Waals surface area (Å²) in [6.07, 6.45) is 8.70. The Hall–Kier alpha value is -1.12. The van der Waals surface area contributed by atoms with Gasteiger partial charge in [-0.3, -0.25) is 4.79 Å². The number of hydrogen-bond donors (Lipinski definition) is 1. The first-order valence-corrected chi connectivity index (χ1v) is 12.4. The van der Waals surface area contributed by atoms with Crippen molar-refractivity contribution < 1.29 is 19.4 Å². The number of likely N-dealkylation sites (tertiary alicyclic amines) is 1. The molecule has 30 heavy (non-hydrogen) atoms. The summed E-state index contributed by atoms with van der Waals surface area (Å²) in [5, 5.41) is 9.41. The average Bonchev–Trinajstić information content (AvgIpc) is 2.72. The van der Waals surface area contributed by atoms with Gasteiger partial charge in [0.2, 0.25) is 6.29 Å². The van der Waals surface area contributed by atoms with Crippen molar-refractivity contribution in [2.24, 2.45) is 5.92 Å². The zero-order chi connectivity index (χ0) is 21.3. The van der Waals surface area contributed by atoms with Crippen LogP contribution in [0.25, 0.3) is 0 Å². The van der Waals surface area contributed by atoms with Crippen LogP contribution in [-0.4, -0.2) is 48.5 Å². The lowest BCUT2D eigenvalue weighted by molar-refractivity contribution is -0.170. The fourth-order valence-corrected chi connectivity index (χ4v) is 4.79. The van der Waals surface area contributed by atoms with Crippen LogP contribution >= 0.6 is 22.6 Å². The molecule has 2 heterocycles.